The van der Waals surface area contributed by atoms with Crippen molar-refractivity contribution in [3.8, 4) is 0 Å². The van der Waals surface area contributed by atoms with Gasteiger partial charge in [0, 0.05) is 12.6 Å². The zero-order valence-electron chi connectivity index (χ0n) is 10.7. The summed E-state index contributed by atoms with van der Waals surface area (Å²) in [5, 5.41) is 0.451. The van der Waals surface area contributed by atoms with E-state index in [1.54, 1.807) is 18.2 Å². The zero-order chi connectivity index (χ0) is 13.1. The lowest BCUT2D eigenvalue weighted by atomic mass is 10.1. The normalized spacial score (nSPS) is 14.6. The van der Waals surface area contributed by atoms with Crippen molar-refractivity contribution in [2.75, 3.05) is 12.3 Å². The molecule has 1 fully saturated rings. The van der Waals surface area contributed by atoms with Crippen LogP contribution in [0.1, 0.15) is 43.0 Å². The van der Waals surface area contributed by atoms with Gasteiger partial charge < -0.3 is 10.6 Å². The van der Waals surface area contributed by atoms with Crippen LogP contribution < -0.4 is 5.73 Å². The van der Waals surface area contributed by atoms with E-state index < -0.39 is 0 Å². The fourth-order valence-corrected chi connectivity index (χ4v) is 2.22. The first-order chi connectivity index (χ1) is 8.65. The molecule has 3 nitrogen and oxygen atoms in total. The third kappa shape index (κ3) is 2.78. The van der Waals surface area contributed by atoms with Gasteiger partial charge in [-0.15, -0.1) is 0 Å². The Morgan fingerprint density at radius 1 is 1.50 bits per heavy atom. The maximum absolute atomic E-state index is 12.5. The number of carbonyl (C=O) groups is 1. The number of halogens is 1. The van der Waals surface area contributed by atoms with Crippen LogP contribution in [0.4, 0.5) is 5.69 Å². The Morgan fingerprint density at radius 2 is 2.22 bits per heavy atom. The predicted octanol–water partition coefficient (Wildman–Crippen LogP) is 3.33. The number of rotatable bonds is 5. The van der Waals surface area contributed by atoms with E-state index >= 15 is 0 Å². The summed E-state index contributed by atoms with van der Waals surface area (Å²) < 4.78 is 0. The number of para-hydroxylation sites is 1. The molecule has 1 aliphatic carbocycles. The van der Waals surface area contributed by atoms with Crippen LogP contribution in [0.5, 0.6) is 0 Å². The quantitative estimate of drug-likeness (QED) is 0.831. The van der Waals surface area contributed by atoms with Gasteiger partial charge in [-0.05, 0) is 31.4 Å². The number of carbonyl (C=O) groups excluding carboxylic acids is 1. The van der Waals surface area contributed by atoms with Crippen molar-refractivity contribution in [2.45, 2.75) is 38.6 Å². The highest BCUT2D eigenvalue weighted by Gasteiger charge is 2.33. The van der Waals surface area contributed by atoms with E-state index in [0.29, 0.717) is 22.3 Å². The number of nitrogens with zero attached hydrogens (tertiary/aromatic N) is 1. The Kier molecular flexibility index (Phi) is 4.12. The van der Waals surface area contributed by atoms with Gasteiger partial charge in [0.1, 0.15) is 0 Å². The van der Waals surface area contributed by atoms with Gasteiger partial charge in [0.25, 0.3) is 5.91 Å². The summed E-state index contributed by atoms with van der Waals surface area (Å²) in [7, 11) is 0. The topological polar surface area (TPSA) is 46.3 Å². The molecule has 1 aromatic carbocycles. The SMILES string of the molecule is CCCCN(C(=O)c1cccc(Cl)c1N)C1CC1. The molecule has 0 aromatic heterocycles. The molecule has 0 saturated heterocycles. The van der Waals surface area contributed by atoms with Gasteiger partial charge in [-0.25, -0.2) is 0 Å². The fraction of sp³-hybridized carbons (Fsp3) is 0.500. The second kappa shape index (κ2) is 5.61. The molecule has 0 spiro atoms. The maximum Gasteiger partial charge on any atom is 0.256 e. The average Bonchev–Trinajstić information content (AvgIpc) is 3.17. The minimum Gasteiger partial charge on any atom is -0.397 e. The highest BCUT2D eigenvalue weighted by molar-refractivity contribution is 6.33. The van der Waals surface area contributed by atoms with E-state index in [-0.39, 0.29) is 5.91 Å². The fourth-order valence-electron chi connectivity index (χ4n) is 2.04. The Balaban J connectivity index is 2.19. The molecule has 4 heteroatoms. The third-order valence-corrected chi connectivity index (χ3v) is 3.61. The molecule has 1 saturated carbocycles. The van der Waals surface area contributed by atoms with Crippen molar-refractivity contribution in [3.05, 3.63) is 28.8 Å². The maximum atomic E-state index is 12.5. The second-order valence-corrected chi connectivity index (χ2v) is 5.19. The lowest BCUT2D eigenvalue weighted by Gasteiger charge is -2.23. The van der Waals surface area contributed by atoms with E-state index in [4.69, 9.17) is 17.3 Å². The molecule has 2 rings (SSSR count). The zero-order valence-corrected chi connectivity index (χ0v) is 11.4. The van der Waals surface area contributed by atoms with Crippen molar-refractivity contribution < 1.29 is 4.79 Å². The van der Waals surface area contributed by atoms with Crippen LogP contribution in [0.2, 0.25) is 5.02 Å². The molecule has 18 heavy (non-hydrogen) atoms. The van der Waals surface area contributed by atoms with Crippen molar-refractivity contribution in [1.29, 1.82) is 0 Å². The molecule has 0 unspecified atom stereocenters. The van der Waals surface area contributed by atoms with Crippen LogP contribution in [0, 0.1) is 0 Å². The summed E-state index contributed by atoms with van der Waals surface area (Å²) in [5.74, 6) is 0.0194. The van der Waals surface area contributed by atoms with Crippen molar-refractivity contribution in [2.24, 2.45) is 0 Å². The standard InChI is InChI=1S/C14H19ClN2O/c1-2-3-9-17(10-7-8-10)14(18)11-5-4-6-12(15)13(11)16/h4-6,10H,2-3,7-9,16H2,1H3. The highest BCUT2D eigenvalue weighted by atomic mass is 35.5. The molecule has 0 heterocycles. The van der Waals surface area contributed by atoms with Crippen molar-refractivity contribution in [3.63, 3.8) is 0 Å². The summed E-state index contributed by atoms with van der Waals surface area (Å²) in [5.41, 5.74) is 6.82. The molecule has 0 atom stereocenters. The van der Waals surface area contributed by atoms with E-state index in [1.165, 1.54) is 0 Å². The number of nitrogen functional groups attached to an aromatic ring is 1. The number of unbranched alkanes of at least 4 members (excludes halogenated alkanes) is 1. The lowest BCUT2D eigenvalue weighted by Crippen LogP contribution is -2.34. The number of hydrogen-bond acceptors (Lipinski definition) is 2. The molecule has 2 N–H and O–H groups in total. The first-order valence-corrected chi connectivity index (χ1v) is 6.88. The average molecular weight is 267 g/mol. The van der Waals surface area contributed by atoms with Crippen molar-refractivity contribution in [1.82, 2.24) is 4.90 Å². The van der Waals surface area contributed by atoms with Gasteiger partial charge in [0.05, 0.1) is 16.3 Å². The largest absolute Gasteiger partial charge is 0.397 e. The van der Waals surface area contributed by atoms with Gasteiger partial charge in [-0.3, -0.25) is 4.79 Å². The van der Waals surface area contributed by atoms with Gasteiger partial charge in [0.2, 0.25) is 0 Å². The van der Waals surface area contributed by atoms with Gasteiger partial charge >= 0.3 is 0 Å². The van der Waals surface area contributed by atoms with Crippen LogP contribution >= 0.6 is 11.6 Å². The summed E-state index contributed by atoms with van der Waals surface area (Å²) in [6, 6.07) is 5.64. The molecule has 1 amide bonds. The molecular weight excluding hydrogens is 248 g/mol. The summed E-state index contributed by atoms with van der Waals surface area (Å²) in [6.07, 6.45) is 4.33. The Bertz CT molecular complexity index is 443. The molecule has 1 aliphatic rings. The lowest BCUT2D eigenvalue weighted by molar-refractivity contribution is 0.0742. The predicted molar refractivity (Wildman–Crippen MR) is 74.8 cm³/mol. The van der Waals surface area contributed by atoms with Crippen LogP contribution in [-0.2, 0) is 0 Å². The van der Waals surface area contributed by atoms with Gasteiger partial charge in [-0.1, -0.05) is 31.0 Å². The van der Waals surface area contributed by atoms with E-state index in [0.717, 1.165) is 32.2 Å². The molecule has 0 aliphatic heterocycles. The number of anilines is 1. The van der Waals surface area contributed by atoms with Crippen LogP contribution in [0.15, 0.2) is 18.2 Å². The number of benzene rings is 1. The van der Waals surface area contributed by atoms with Crippen LogP contribution in [-0.4, -0.2) is 23.4 Å². The summed E-state index contributed by atoms with van der Waals surface area (Å²) >= 11 is 5.97. The molecule has 98 valence electrons. The third-order valence-electron chi connectivity index (χ3n) is 3.28. The number of hydrogen-bond donors (Lipinski definition) is 1. The smallest absolute Gasteiger partial charge is 0.256 e. The van der Waals surface area contributed by atoms with Crippen molar-refractivity contribution >= 4 is 23.2 Å². The molecular formula is C14H19ClN2O. The first-order valence-electron chi connectivity index (χ1n) is 6.50. The second-order valence-electron chi connectivity index (χ2n) is 4.78. The Labute approximate surface area is 113 Å². The minimum absolute atomic E-state index is 0.0194. The Morgan fingerprint density at radius 3 is 2.83 bits per heavy atom. The van der Waals surface area contributed by atoms with E-state index in [1.807, 2.05) is 4.90 Å². The number of nitrogens with two attached hydrogens (primary N) is 1. The summed E-state index contributed by atoms with van der Waals surface area (Å²) in [4.78, 5) is 14.4. The van der Waals surface area contributed by atoms with Gasteiger partial charge in [-0.2, -0.15) is 0 Å². The van der Waals surface area contributed by atoms with Gasteiger partial charge in [0.15, 0.2) is 0 Å². The molecule has 0 radical (unpaired) electrons. The highest BCUT2D eigenvalue weighted by Crippen LogP contribution is 2.31. The minimum atomic E-state index is 0.0194. The summed E-state index contributed by atoms with van der Waals surface area (Å²) in [6.45, 7) is 2.94. The Hall–Kier alpha value is -1.22. The molecule has 1 aromatic rings. The van der Waals surface area contributed by atoms with E-state index in [2.05, 4.69) is 6.92 Å². The number of amides is 1. The van der Waals surface area contributed by atoms with Crippen LogP contribution in [0.25, 0.3) is 0 Å². The van der Waals surface area contributed by atoms with Crippen LogP contribution in [0.3, 0.4) is 0 Å². The monoisotopic (exact) mass is 266 g/mol. The molecule has 0 bridgehead atoms. The first kappa shape index (κ1) is 13.2. The van der Waals surface area contributed by atoms with E-state index in [9.17, 15) is 4.79 Å².